The Morgan fingerprint density at radius 3 is 2.46 bits per heavy atom. The highest BCUT2D eigenvalue weighted by Gasteiger charge is 2.11. The molecule has 122 valence electrons. The quantitative estimate of drug-likeness (QED) is 0.510. The second-order valence-corrected chi connectivity index (χ2v) is 4.64. The summed E-state index contributed by atoms with van der Waals surface area (Å²) < 4.78 is 12.7. The number of non-ortho nitro benzene ring substituents is 1. The van der Waals surface area contributed by atoms with Crippen molar-refractivity contribution in [3.8, 4) is 0 Å². The fourth-order valence-electron chi connectivity index (χ4n) is 1.74. The van der Waals surface area contributed by atoms with Crippen LogP contribution >= 0.6 is 0 Å². The van der Waals surface area contributed by atoms with Crippen molar-refractivity contribution in [3.05, 3.63) is 81.7 Å². The summed E-state index contributed by atoms with van der Waals surface area (Å²) in [4.78, 5) is 33.5. The molecule has 0 radical (unpaired) electrons. The molecule has 0 atom stereocenters. The number of nitro benzene ring substituents is 1. The molecule has 2 rings (SSSR count). The molecule has 2 amide bonds. The van der Waals surface area contributed by atoms with Crippen LogP contribution in [0.1, 0.15) is 15.9 Å². The highest BCUT2D eigenvalue weighted by atomic mass is 19.1. The van der Waals surface area contributed by atoms with E-state index in [0.29, 0.717) is 5.56 Å². The Bertz CT molecular complexity index is 803. The largest absolute Gasteiger partial charge is 0.270 e. The summed E-state index contributed by atoms with van der Waals surface area (Å²) in [6.45, 7) is 0. The Morgan fingerprint density at radius 1 is 1.08 bits per heavy atom. The first-order valence-electron chi connectivity index (χ1n) is 6.74. The molecule has 7 nitrogen and oxygen atoms in total. The third-order valence-corrected chi connectivity index (χ3v) is 2.92. The summed E-state index contributed by atoms with van der Waals surface area (Å²) in [7, 11) is 0. The molecule has 0 aliphatic carbocycles. The minimum absolute atomic E-state index is 0.0343. The topological polar surface area (TPSA) is 101 Å². The van der Waals surface area contributed by atoms with Gasteiger partial charge < -0.3 is 0 Å². The Morgan fingerprint density at radius 2 is 1.79 bits per heavy atom. The summed E-state index contributed by atoms with van der Waals surface area (Å²) in [6, 6.07) is 10.6. The Labute approximate surface area is 135 Å². The van der Waals surface area contributed by atoms with Gasteiger partial charge in [0.2, 0.25) is 0 Å². The maximum absolute atomic E-state index is 12.7. The Hall–Kier alpha value is -3.55. The maximum Gasteiger partial charge on any atom is 0.270 e. The van der Waals surface area contributed by atoms with E-state index in [0.717, 1.165) is 12.1 Å². The van der Waals surface area contributed by atoms with Gasteiger partial charge in [-0.05, 0) is 29.8 Å². The lowest BCUT2D eigenvalue weighted by molar-refractivity contribution is -0.384. The van der Waals surface area contributed by atoms with E-state index in [4.69, 9.17) is 0 Å². The number of hydrogen-bond donors (Lipinski definition) is 2. The highest BCUT2D eigenvalue weighted by Crippen LogP contribution is 2.12. The van der Waals surface area contributed by atoms with Gasteiger partial charge in [0.25, 0.3) is 17.5 Å². The van der Waals surface area contributed by atoms with Crippen molar-refractivity contribution >= 4 is 23.6 Å². The normalized spacial score (nSPS) is 10.4. The van der Waals surface area contributed by atoms with Gasteiger partial charge in [0.05, 0.1) is 4.92 Å². The molecule has 8 heteroatoms. The van der Waals surface area contributed by atoms with Crippen LogP contribution in [0, 0.1) is 15.9 Å². The van der Waals surface area contributed by atoms with Crippen molar-refractivity contribution in [2.24, 2.45) is 0 Å². The van der Waals surface area contributed by atoms with Gasteiger partial charge in [0.15, 0.2) is 0 Å². The second kappa shape index (κ2) is 7.63. The molecular formula is C16H12FN3O4. The highest BCUT2D eigenvalue weighted by molar-refractivity contribution is 5.98. The first-order chi connectivity index (χ1) is 11.5. The summed E-state index contributed by atoms with van der Waals surface area (Å²) >= 11 is 0. The van der Waals surface area contributed by atoms with Crippen LogP contribution < -0.4 is 10.9 Å². The van der Waals surface area contributed by atoms with Gasteiger partial charge in [-0.2, -0.15) is 0 Å². The van der Waals surface area contributed by atoms with Crippen molar-refractivity contribution < 1.29 is 18.9 Å². The molecule has 0 spiro atoms. The fourth-order valence-corrected chi connectivity index (χ4v) is 1.74. The molecule has 0 aromatic heterocycles. The van der Waals surface area contributed by atoms with Gasteiger partial charge in [-0.15, -0.1) is 0 Å². The van der Waals surface area contributed by atoms with Crippen LogP contribution in [-0.4, -0.2) is 16.7 Å². The third-order valence-electron chi connectivity index (χ3n) is 2.92. The lowest BCUT2D eigenvalue weighted by Crippen LogP contribution is -2.40. The molecule has 0 aliphatic rings. The van der Waals surface area contributed by atoms with Crippen molar-refractivity contribution in [1.29, 1.82) is 0 Å². The molecule has 2 aromatic rings. The van der Waals surface area contributed by atoms with Crippen molar-refractivity contribution in [2.45, 2.75) is 0 Å². The van der Waals surface area contributed by atoms with E-state index in [9.17, 15) is 24.1 Å². The van der Waals surface area contributed by atoms with Crippen molar-refractivity contribution in [2.75, 3.05) is 0 Å². The summed E-state index contributed by atoms with van der Waals surface area (Å²) in [5, 5.41) is 10.7. The second-order valence-electron chi connectivity index (χ2n) is 4.64. The number of nitrogens with one attached hydrogen (secondary N) is 2. The molecule has 24 heavy (non-hydrogen) atoms. The van der Waals surface area contributed by atoms with Crippen LogP contribution in [0.4, 0.5) is 10.1 Å². The average Bonchev–Trinajstić information content (AvgIpc) is 2.59. The van der Waals surface area contributed by atoms with E-state index in [1.165, 1.54) is 48.5 Å². The lowest BCUT2D eigenvalue weighted by atomic mass is 10.2. The van der Waals surface area contributed by atoms with Crippen LogP contribution in [0.2, 0.25) is 0 Å². The summed E-state index contributed by atoms with van der Waals surface area (Å²) in [6.07, 6.45) is 2.59. The fraction of sp³-hybridized carbons (Fsp3) is 0. The minimum Gasteiger partial charge on any atom is -0.268 e. The number of benzene rings is 2. The molecule has 0 fully saturated rings. The third kappa shape index (κ3) is 4.73. The molecule has 0 saturated carbocycles. The summed E-state index contributed by atoms with van der Waals surface area (Å²) in [5.41, 5.74) is 4.69. The molecule has 0 bridgehead atoms. The molecule has 0 saturated heterocycles. The van der Waals surface area contributed by atoms with E-state index < -0.39 is 16.7 Å². The zero-order chi connectivity index (χ0) is 17.5. The molecular weight excluding hydrogens is 317 g/mol. The average molecular weight is 329 g/mol. The smallest absolute Gasteiger partial charge is 0.268 e. The molecule has 0 unspecified atom stereocenters. The molecule has 2 N–H and O–H groups in total. The first kappa shape index (κ1) is 16.8. The van der Waals surface area contributed by atoms with Gasteiger partial charge in [-0.1, -0.05) is 18.2 Å². The Kier molecular flexibility index (Phi) is 5.35. The van der Waals surface area contributed by atoms with E-state index >= 15 is 0 Å². The minimum atomic E-state index is -0.692. The number of nitro groups is 1. The number of rotatable bonds is 4. The number of amides is 2. The van der Waals surface area contributed by atoms with Gasteiger partial charge >= 0.3 is 0 Å². The maximum atomic E-state index is 12.7. The number of nitrogens with zero attached hydrogens (tertiary/aromatic N) is 1. The molecule has 0 heterocycles. The zero-order valence-electron chi connectivity index (χ0n) is 12.2. The van der Waals surface area contributed by atoms with Crippen molar-refractivity contribution in [1.82, 2.24) is 10.9 Å². The van der Waals surface area contributed by atoms with E-state index in [1.54, 1.807) is 0 Å². The van der Waals surface area contributed by atoms with Crippen LogP contribution in [0.3, 0.4) is 0 Å². The zero-order valence-corrected chi connectivity index (χ0v) is 12.2. The number of hydrogen-bond acceptors (Lipinski definition) is 4. The first-order valence-corrected chi connectivity index (χ1v) is 6.74. The van der Waals surface area contributed by atoms with E-state index in [1.807, 2.05) is 0 Å². The molecule has 2 aromatic carbocycles. The van der Waals surface area contributed by atoms with Gasteiger partial charge in [0.1, 0.15) is 5.82 Å². The molecule has 0 aliphatic heterocycles. The van der Waals surface area contributed by atoms with Crippen LogP contribution in [0.5, 0.6) is 0 Å². The standard InChI is InChI=1S/C16H12FN3O4/c17-13-7-4-11(5-8-13)6-9-15(21)18-19-16(22)12-2-1-3-14(10-12)20(23)24/h1-10H,(H,18,21)(H,19,22)/b9-6+. The number of carbonyl (C=O) groups excluding carboxylic acids is 2. The van der Waals surface area contributed by atoms with Crippen LogP contribution in [0.25, 0.3) is 6.08 Å². The lowest BCUT2D eigenvalue weighted by Gasteiger charge is -2.05. The predicted molar refractivity (Wildman–Crippen MR) is 84.1 cm³/mol. The van der Waals surface area contributed by atoms with Gasteiger partial charge in [-0.25, -0.2) is 4.39 Å². The van der Waals surface area contributed by atoms with Gasteiger partial charge in [-0.3, -0.25) is 30.6 Å². The number of hydrazine groups is 1. The van der Waals surface area contributed by atoms with Crippen LogP contribution in [-0.2, 0) is 4.79 Å². The summed E-state index contributed by atoms with van der Waals surface area (Å²) in [5.74, 6) is -1.69. The van der Waals surface area contributed by atoms with Crippen LogP contribution in [0.15, 0.2) is 54.6 Å². The predicted octanol–water partition coefficient (Wildman–Crippen LogP) is 2.21. The van der Waals surface area contributed by atoms with E-state index in [2.05, 4.69) is 10.9 Å². The Balaban J connectivity index is 1.91. The number of halogens is 1. The van der Waals surface area contributed by atoms with Crippen molar-refractivity contribution in [3.63, 3.8) is 0 Å². The van der Waals surface area contributed by atoms with Gasteiger partial charge in [0, 0.05) is 23.8 Å². The monoisotopic (exact) mass is 329 g/mol. The SMILES string of the molecule is O=C(/C=C/c1ccc(F)cc1)NNC(=O)c1cccc([N+](=O)[O-])c1. The number of carbonyl (C=O) groups is 2. The van der Waals surface area contributed by atoms with E-state index in [-0.39, 0.29) is 17.1 Å².